The number of hydrogen-bond acceptors (Lipinski definition) is 2. The Morgan fingerprint density at radius 3 is 2.36 bits per heavy atom. The van der Waals surface area contributed by atoms with Crippen LogP contribution in [-0.2, 0) is 10.0 Å². The van der Waals surface area contributed by atoms with Gasteiger partial charge in [-0.3, -0.25) is 0 Å². The average Bonchev–Trinajstić information content (AvgIpc) is 2.91. The van der Waals surface area contributed by atoms with Gasteiger partial charge in [0.15, 0.2) is 0 Å². The number of rotatable bonds is 2. The van der Waals surface area contributed by atoms with Crippen LogP contribution in [0.25, 0.3) is 10.9 Å². The van der Waals surface area contributed by atoms with Crippen LogP contribution in [0.2, 0.25) is 0 Å². The van der Waals surface area contributed by atoms with Gasteiger partial charge in [0.2, 0.25) is 0 Å². The molecule has 0 fully saturated rings. The lowest BCUT2D eigenvalue weighted by atomic mass is 10.2. The molecule has 114 valence electrons. The summed E-state index contributed by atoms with van der Waals surface area (Å²) in [6.45, 7) is 3.64. The predicted octanol–water partition coefficient (Wildman–Crippen LogP) is 4.40. The fourth-order valence-corrected chi connectivity index (χ4v) is 4.17. The first-order valence-corrected chi connectivity index (χ1v) is 8.83. The second-order valence-corrected chi connectivity index (χ2v) is 7.79. The van der Waals surface area contributed by atoms with Gasteiger partial charge in [0.1, 0.15) is 11.3 Å². The van der Waals surface area contributed by atoms with E-state index in [-0.39, 0.29) is 10.4 Å². The maximum Gasteiger partial charge on any atom is 0.268 e. The maximum absolute atomic E-state index is 14.3. The van der Waals surface area contributed by atoms with E-state index < -0.39 is 15.8 Å². The molecule has 6 heteroatoms. The van der Waals surface area contributed by atoms with Crippen molar-refractivity contribution in [3.05, 3.63) is 64.0 Å². The van der Waals surface area contributed by atoms with E-state index >= 15 is 0 Å². The summed E-state index contributed by atoms with van der Waals surface area (Å²) < 4.78 is 41.5. The van der Waals surface area contributed by atoms with Crippen molar-refractivity contribution in [3.63, 3.8) is 0 Å². The van der Waals surface area contributed by atoms with Crippen LogP contribution < -0.4 is 0 Å². The lowest BCUT2D eigenvalue weighted by molar-refractivity contribution is 0.586. The Kier molecular flexibility index (Phi) is 3.61. The minimum atomic E-state index is -3.84. The van der Waals surface area contributed by atoms with E-state index in [4.69, 9.17) is 0 Å². The molecule has 2 aromatic carbocycles. The number of aryl methyl sites for hydroxylation is 2. The van der Waals surface area contributed by atoms with Crippen LogP contribution in [0.4, 0.5) is 4.39 Å². The van der Waals surface area contributed by atoms with Crippen molar-refractivity contribution in [1.29, 1.82) is 0 Å². The zero-order chi connectivity index (χ0) is 16.1. The molecular formula is C16H13BrFNO2S. The van der Waals surface area contributed by atoms with Gasteiger partial charge in [0.05, 0.1) is 4.90 Å². The van der Waals surface area contributed by atoms with Crippen molar-refractivity contribution in [2.45, 2.75) is 18.7 Å². The largest absolute Gasteiger partial charge is 0.268 e. The number of hydrogen-bond donors (Lipinski definition) is 0. The lowest BCUT2D eigenvalue weighted by Crippen LogP contribution is -2.12. The molecular weight excluding hydrogens is 369 g/mol. The molecule has 22 heavy (non-hydrogen) atoms. The summed E-state index contributed by atoms with van der Waals surface area (Å²) in [6, 6.07) is 9.41. The van der Waals surface area contributed by atoms with E-state index in [1.165, 1.54) is 24.4 Å². The van der Waals surface area contributed by atoms with Crippen LogP contribution in [0, 0.1) is 19.7 Å². The average molecular weight is 382 g/mol. The molecule has 3 rings (SSSR count). The first-order valence-electron chi connectivity index (χ1n) is 6.60. The highest BCUT2D eigenvalue weighted by atomic mass is 79.9. The van der Waals surface area contributed by atoms with Crippen LogP contribution in [0.5, 0.6) is 0 Å². The fraction of sp³-hybridized carbons (Fsp3) is 0.125. The highest BCUT2D eigenvalue weighted by Gasteiger charge is 2.22. The summed E-state index contributed by atoms with van der Waals surface area (Å²) >= 11 is 3.39. The van der Waals surface area contributed by atoms with Crippen molar-refractivity contribution in [1.82, 2.24) is 3.97 Å². The third kappa shape index (κ3) is 2.27. The van der Waals surface area contributed by atoms with Gasteiger partial charge in [-0.05, 0) is 59.6 Å². The van der Waals surface area contributed by atoms with Crippen LogP contribution in [-0.4, -0.2) is 12.4 Å². The third-order valence-corrected chi connectivity index (χ3v) is 6.32. The van der Waals surface area contributed by atoms with Gasteiger partial charge in [0.25, 0.3) is 10.0 Å². The van der Waals surface area contributed by atoms with Crippen molar-refractivity contribution in [2.75, 3.05) is 0 Å². The third-order valence-electron chi connectivity index (χ3n) is 3.58. The Balaban J connectivity index is 2.31. The second kappa shape index (κ2) is 5.21. The standard InChI is InChI=1S/C16H13BrFNO2S/c1-10-3-5-12(6-4-10)22(20,21)19-8-7-13-15(17)11(2)9-14(18)16(13)19/h3-9H,1-2H3. The van der Waals surface area contributed by atoms with E-state index in [2.05, 4.69) is 15.9 Å². The Hall–Kier alpha value is -1.66. The molecule has 0 atom stereocenters. The Morgan fingerprint density at radius 1 is 1.09 bits per heavy atom. The fourth-order valence-electron chi connectivity index (χ4n) is 2.38. The van der Waals surface area contributed by atoms with Gasteiger partial charge in [-0.1, -0.05) is 17.7 Å². The molecule has 0 N–H and O–H groups in total. The summed E-state index contributed by atoms with van der Waals surface area (Å²) in [5.41, 5.74) is 1.73. The SMILES string of the molecule is Cc1ccc(S(=O)(=O)n2ccc3c(Br)c(C)cc(F)c32)cc1. The first-order chi connectivity index (χ1) is 10.3. The van der Waals surface area contributed by atoms with E-state index in [0.29, 0.717) is 9.86 Å². The Labute approximate surface area is 136 Å². The highest BCUT2D eigenvalue weighted by molar-refractivity contribution is 9.10. The van der Waals surface area contributed by atoms with Crippen molar-refractivity contribution < 1.29 is 12.8 Å². The molecule has 0 aliphatic rings. The molecule has 3 aromatic rings. The van der Waals surface area contributed by atoms with E-state index in [1.54, 1.807) is 25.1 Å². The molecule has 0 bridgehead atoms. The normalized spacial score (nSPS) is 12.0. The molecule has 1 heterocycles. The van der Waals surface area contributed by atoms with Crippen LogP contribution in [0.3, 0.4) is 0 Å². The van der Waals surface area contributed by atoms with Gasteiger partial charge in [-0.25, -0.2) is 16.8 Å². The lowest BCUT2D eigenvalue weighted by Gasteiger charge is -2.09. The number of nitrogens with zero attached hydrogens (tertiary/aromatic N) is 1. The van der Waals surface area contributed by atoms with Crippen LogP contribution >= 0.6 is 15.9 Å². The van der Waals surface area contributed by atoms with Gasteiger partial charge < -0.3 is 0 Å². The van der Waals surface area contributed by atoms with Crippen LogP contribution in [0.1, 0.15) is 11.1 Å². The summed E-state index contributed by atoms with van der Waals surface area (Å²) in [4.78, 5) is 0.131. The molecule has 3 nitrogen and oxygen atoms in total. The zero-order valence-corrected chi connectivity index (χ0v) is 14.4. The highest BCUT2D eigenvalue weighted by Crippen LogP contribution is 2.32. The quantitative estimate of drug-likeness (QED) is 0.659. The molecule has 0 saturated heterocycles. The second-order valence-electron chi connectivity index (χ2n) is 5.18. The minimum absolute atomic E-state index is 0.0538. The van der Waals surface area contributed by atoms with E-state index in [1.807, 2.05) is 6.92 Å². The van der Waals surface area contributed by atoms with Crippen molar-refractivity contribution >= 4 is 36.9 Å². The van der Waals surface area contributed by atoms with Gasteiger partial charge in [-0.15, -0.1) is 0 Å². The Morgan fingerprint density at radius 2 is 1.73 bits per heavy atom. The first kappa shape index (κ1) is 15.2. The summed E-state index contributed by atoms with van der Waals surface area (Å²) in [6.07, 6.45) is 1.38. The number of fused-ring (bicyclic) bond motifs is 1. The molecule has 0 unspecified atom stereocenters. The van der Waals surface area contributed by atoms with Crippen molar-refractivity contribution in [3.8, 4) is 0 Å². The van der Waals surface area contributed by atoms with Crippen LogP contribution in [0.15, 0.2) is 52.0 Å². The molecule has 0 aliphatic carbocycles. The zero-order valence-electron chi connectivity index (χ0n) is 12.0. The molecule has 1 aromatic heterocycles. The van der Waals surface area contributed by atoms with Gasteiger partial charge >= 0.3 is 0 Å². The molecule has 0 saturated carbocycles. The number of aromatic nitrogens is 1. The molecule has 0 radical (unpaired) electrons. The molecule has 0 aliphatic heterocycles. The Bertz CT molecular complexity index is 976. The predicted molar refractivity (Wildman–Crippen MR) is 88.1 cm³/mol. The summed E-state index contributed by atoms with van der Waals surface area (Å²) in [5.74, 6) is -0.559. The van der Waals surface area contributed by atoms with Crippen molar-refractivity contribution in [2.24, 2.45) is 0 Å². The minimum Gasteiger partial charge on any atom is -0.238 e. The maximum atomic E-state index is 14.3. The topological polar surface area (TPSA) is 39.1 Å². The molecule has 0 spiro atoms. The van der Waals surface area contributed by atoms with Gasteiger partial charge in [0, 0.05) is 16.1 Å². The number of benzene rings is 2. The summed E-state index contributed by atoms with van der Waals surface area (Å²) in [5, 5.41) is 0.535. The number of halogens is 2. The summed E-state index contributed by atoms with van der Waals surface area (Å²) in [7, 11) is -3.84. The molecule has 0 amide bonds. The smallest absolute Gasteiger partial charge is 0.238 e. The monoisotopic (exact) mass is 381 g/mol. The van der Waals surface area contributed by atoms with E-state index in [9.17, 15) is 12.8 Å². The van der Waals surface area contributed by atoms with E-state index in [0.717, 1.165) is 15.1 Å². The van der Waals surface area contributed by atoms with Gasteiger partial charge in [-0.2, -0.15) is 0 Å².